The Morgan fingerprint density at radius 3 is 2.55 bits per heavy atom. The van der Waals surface area contributed by atoms with Crippen molar-refractivity contribution in [3.05, 3.63) is 24.3 Å². The SMILES string of the molecule is CCOc1ccc(N=C(NO)/C(C)=N\NC(N)=S)cc1. The molecule has 0 heterocycles. The summed E-state index contributed by atoms with van der Waals surface area (Å²) in [6, 6.07) is 7.10. The van der Waals surface area contributed by atoms with Crippen LogP contribution in [-0.4, -0.2) is 28.5 Å². The summed E-state index contributed by atoms with van der Waals surface area (Å²) in [5.74, 6) is 0.934. The average Bonchev–Trinajstić information content (AvgIpc) is 2.44. The lowest BCUT2D eigenvalue weighted by molar-refractivity contribution is 0.236. The van der Waals surface area contributed by atoms with E-state index in [1.807, 2.05) is 12.4 Å². The Hall–Kier alpha value is -2.19. The van der Waals surface area contributed by atoms with Crippen LogP contribution in [0, 0.1) is 0 Å². The third-order valence-corrected chi connectivity index (χ3v) is 2.26. The zero-order valence-corrected chi connectivity index (χ0v) is 12.1. The molecule has 0 radical (unpaired) electrons. The molecule has 108 valence electrons. The van der Waals surface area contributed by atoms with E-state index in [0.717, 1.165) is 5.75 Å². The quantitative estimate of drug-likeness (QED) is 0.282. The number of nitrogens with zero attached hydrogens (tertiary/aromatic N) is 2. The van der Waals surface area contributed by atoms with Gasteiger partial charge >= 0.3 is 0 Å². The van der Waals surface area contributed by atoms with Crippen LogP contribution in [0.3, 0.4) is 0 Å². The summed E-state index contributed by atoms with van der Waals surface area (Å²) in [6.45, 7) is 4.15. The van der Waals surface area contributed by atoms with Crippen LogP contribution in [0.25, 0.3) is 0 Å². The number of amidine groups is 1. The molecule has 1 rings (SSSR count). The Morgan fingerprint density at radius 1 is 1.40 bits per heavy atom. The molecule has 8 heteroatoms. The molecule has 7 nitrogen and oxygen atoms in total. The Kier molecular flexibility index (Phi) is 6.41. The third-order valence-electron chi connectivity index (χ3n) is 2.17. The van der Waals surface area contributed by atoms with Gasteiger partial charge < -0.3 is 10.5 Å². The molecule has 0 atom stereocenters. The van der Waals surface area contributed by atoms with E-state index >= 15 is 0 Å². The zero-order valence-electron chi connectivity index (χ0n) is 11.3. The van der Waals surface area contributed by atoms with Crippen LogP contribution < -0.4 is 21.4 Å². The third kappa shape index (κ3) is 5.21. The molecule has 0 bridgehead atoms. The molecule has 0 spiro atoms. The van der Waals surface area contributed by atoms with Crippen LogP contribution in [0.15, 0.2) is 34.4 Å². The summed E-state index contributed by atoms with van der Waals surface area (Å²) in [6.07, 6.45) is 0. The number of hydrogen-bond donors (Lipinski definition) is 4. The van der Waals surface area contributed by atoms with Gasteiger partial charge in [-0.2, -0.15) is 5.10 Å². The highest BCUT2D eigenvalue weighted by atomic mass is 32.1. The van der Waals surface area contributed by atoms with Crippen molar-refractivity contribution >= 4 is 34.6 Å². The van der Waals surface area contributed by atoms with Crippen LogP contribution >= 0.6 is 12.2 Å². The zero-order chi connectivity index (χ0) is 15.0. The van der Waals surface area contributed by atoms with Crippen molar-refractivity contribution in [1.82, 2.24) is 10.9 Å². The highest BCUT2D eigenvalue weighted by molar-refractivity contribution is 7.80. The van der Waals surface area contributed by atoms with Crippen molar-refractivity contribution in [2.75, 3.05) is 6.61 Å². The highest BCUT2D eigenvalue weighted by Crippen LogP contribution is 2.18. The molecule has 1 aromatic rings. The fourth-order valence-electron chi connectivity index (χ4n) is 1.29. The van der Waals surface area contributed by atoms with Crippen molar-refractivity contribution < 1.29 is 9.94 Å². The van der Waals surface area contributed by atoms with Gasteiger partial charge in [0.25, 0.3) is 0 Å². The monoisotopic (exact) mass is 295 g/mol. The van der Waals surface area contributed by atoms with Gasteiger partial charge in [-0.05, 0) is 50.3 Å². The van der Waals surface area contributed by atoms with Crippen LogP contribution in [0.4, 0.5) is 5.69 Å². The predicted molar refractivity (Wildman–Crippen MR) is 82.7 cm³/mol. The van der Waals surface area contributed by atoms with Gasteiger partial charge in [-0.15, -0.1) is 0 Å². The molecular weight excluding hydrogens is 278 g/mol. The summed E-state index contributed by atoms with van der Waals surface area (Å²) in [5, 5.41) is 13.0. The number of thiocarbonyl (C=S) groups is 1. The fourth-order valence-corrected chi connectivity index (χ4v) is 1.34. The topological polar surface area (TPSA) is 104 Å². The second-order valence-electron chi connectivity index (χ2n) is 3.67. The molecule has 0 saturated carbocycles. The highest BCUT2D eigenvalue weighted by Gasteiger charge is 2.03. The number of nitrogens with one attached hydrogen (secondary N) is 2. The van der Waals surface area contributed by atoms with E-state index in [-0.39, 0.29) is 10.9 Å². The number of hydrazone groups is 1. The number of hydrogen-bond acceptors (Lipinski definition) is 5. The smallest absolute Gasteiger partial charge is 0.184 e. The number of hydroxylamine groups is 1. The molecule has 0 saturated heterocycles. The average molecular weight is 295 g/mol. The maximum absolute atomic E-state index is 9.08. The minimum atomic E-state index is 0.0303. The van der Waals surface area contributed by atoms with E-state index in [9.17, 15) is 0 Å². The molecule has 5 N–H and O–H groups in total. The van der Waals surface area contributed by atoms with Crippen molar-refractivity contribution in [2.24, 2.45) is 15.8 Å². The molecule has 0 unspecified atom stereocenters. The van der Waals surface area contributed by atoms with E-state index in [2.05, 4.69) is 27.7 Å². The van der Waals surface area contributed by atoms with Crippen molar-refractivity contribution in [1.29, 1.82) is 0 Å². The van der Waals surface area contributed by atoms with E-state index in [4.69, 9.17) is 15.7 Å². The van der Waals surface area contributed by atoms with E-state index in [1.165, 1.54) is 0 Å². The Balaban J connectivity index is 2.87. The summed E-state index contributed by atoms with van der Waals surface area (Å²) in [5.41, 5.74) is 10.7. The molecule has 0 aliphatic carbocycles. The molecule has 0 aliphatic rings. The first kappa shape index (κ1) is 15.9. The van der Waals surface area contributed by atoms with Gasteiger partial charge in [0.2, 0.25) is 0 Å². The predicted octanol–water partition coefficient (Wildman–Crippen LogP) is 1.30. The lowest BCUT2D eigenvalue weighted by Crippen LogP contribution is -2.31. The van der Waals surface area contributed by atoms with Gasteiger partial charge in [-0.3, -0.25) is 16.1 Å². The summed E-state index contributed by atoms with van der Waals surface area (Å²) < 4.78 is 5.33. The molecule has 0 aliphatic heterocycles. The number of benzene rings is 1. The molecule has 0 amide bonds. The first-order valence-corrected chi connectivity index (χ1v) is 6.29. The van der Waals surface area contributed by atoms with E-state index in [1.54, 1.807) is 31.2 Å². The molecule has 1 aromatic carbocycles. The minimum absolute atomic E-state index is 0.0303. The summed E-state index contributed by atoms with van der Waals surface area (Å²) in [4.78, 5) is 4.20. The number of nitrogens with two attached hydrogens (primary N) is 1. The molecule has 0 aromatic heterocycles. The second-order valence-corrected chi connectivity index (χ2v) is 4.11. The number of aliphatic imine (C=N–C) groups is 1. The second kappa shape index (κ2) is 8.08. The summed E-state index contributed by atoms with van der Waals surface area (Å²) in [7, 11) is 0. The van der Waals surface area contributed by atoms with Gasteiger partial charge in [0.1, 0.15) is 11.5 Å². The van der Waals surface area contributed by atoms with Gasteiger partial charge in [-0.25, -0.2) is 4.99 Å². The van der Waals surface area contributed by atoms with Crippen LogP contribution in [0.2, 0.25) is 0 Å². The van der Waals surface area contributed by atoms with Crippen LogP contribution in [0.5, 0.6) is 5.75 Å². The first-order valence-electron chi connectivity index (χ1n) is 5.88. The molecular formula is C12H17N5O2S. The van der Waals surface area contributed by atoms with Gasteiger partial charge in [-0.1, -0.05) is 0 Å². The standard InChI is InChI=1S/C12H17N5O2S/c1-3-19-10-6-4-9(5-7-10)14-11(17-18)8(2)15-16-12(13)20/h4-7,18H,3H2,1-2H3,(H,14,17)(H3,13,16,20)/b15-8-. The van der Waals surface area contributed by atoms with E-state index in [0.29, 0.717) is 18.0 Å². The van der Waals surface area contributed by atoms with Crippen LogP contribution in [0.1, 0.15) is 13.8 Å². The Labute approximate surface area is 122 Å². The number of rotatable bonds is 5. The lowest BCUT2D eigenvalue weighted by atomic mass is 10.3. The first-order chi connectivity index (χ1) is 9.56. The maximum atomic E-state index is 9.08. The normalized spacial score (nSPS) is 11.9. The number of ether oxygens (including phenoxy) is 1. The van der Waals surface area contributed by atoms with Crippen LogP contribution in [-0.2, 0) is 0 Å². The largest absolute Gasteiger partial charge is 0.494 e. The minimum Gasteiger partial charge on any atom is -0.494 e. The van der Waals surface area contributed by atoms with Crippen molar-refractivity contribution in [3.63, 3.8) is 0 Å². The summed E-state index contributed by atoms with van der Waals surface area (Å²) >= 11 is 4.63. The molecule has 20 heavy (non-hydrogen) atoms. The van der Waals surface area contributed by atoms with E-state index < -0.39 is 0 Å². The maximum Gasteiger partial charge on any atom is 0.184 e. The van der Waals surface area contributed by atoms with Gasteiger partial charge in [0.05, 0.1) is 12.3 Å². The lowest BCUT2D eigenvalue weighted by Gasteiger charge is -2.06. The Morgan fingerprint density at radius 2 is 2.05 bits per heavy atom. The fraction of sp³-hybridized carbons (Fsp3) is 0.250. The van der Waals surface area contributed by atoms with Crippen molar-refractivity contribution in [3.8, 4) is 5.75 Å². The molecule has 0 fully saturated rings. The van der Waals surface area contributed by atoms with Crippen molar-refractivity contribution in [2.45, 2.75) is 13.8 Å². The van der Waals surface area contributed by atoms with Gasteiger partial charge in [0, 0.05) is 0 Å². The van der Waals surface area contributed by atoms with Gasteiger partial charge in [0.15, 0.2) is 10.9 Å². The Bertz CT molecular complexity index is 513.